The van der Waals surface area contributed by atoms with Crippen LogP contribution in [0.15, 0.2) is 23.1 Å². The van der Waals surface area contributed by atoms with Gasteiger partial charge in [0.05, 0.1) is 5.69 Å². The number of hydrogen-bond donors (Lipinski definition) is 2. The van der Waals surface area contributed by atoms with Crippen molar-refractivity contribution < 1.29 is 4.79 Å². The Morgan fingerprint density at radius 2 is 2.19 bits per heavy atom. The highest BCUT2D eigenvalue weighted by molar-refractivity contribution is 7.99. The van der Waals surface area contributed by atoms with Crippen LogP contribution in [0.1, 0.15) is 32.6 Å². The minimum atomic E-state index is 0.0914. The molecule has 116 valence electrons. The van der Waals surface area contributed by atoms with Crippen molar-refractivity contribution in [3.8, 4) is 0 Å². The maximum Gasteiger partial charge on any atom is 0.224 e. The van der Waals surface area contributed by atoms with Gasteiger partial charge in [0.15, 0.2) is 0 Å². The molecule has 1 aliphatic heterocycles. The van der Waals surface area contributed by atoms with Crippen LogP contribution < -0.4 is 10.6 Å². The van der Waals surface area contributed by atoms with Crippen molar-refractivity contribution in [3.63, 3.8) is 0 Å². The molecule has 1 fully saturated rings. The maximum atomic E-state index is 12.1. The number of amides is 1. The second kappa shape index (κ2) is 8.66. The lowest BCUT2D eigenvalue weighted by molar-refractivity contribution is -0.116. The molecule has 0 radical (unpaired) electrons. The van der Waals surface area contributed by atoms with Crippen LogP contribution >= 0.6 is 23.4 Å². The zero-order valence-electron chi connectivity index (χ0n) is 12.5. The summed E-state index contributed by atoms with van der Waals surface area (Å²) < 4.78 is 0. The maximum absolute atomic E-state index is 12.1. The molecular formula is C16H23ClN2OS. The highest BCUT2D eigenvalue weighted by Gasteiger charge is 2.15. The van der Waals surface area contributed by atoms with E-state index in [2.05, 4.69) is 17.6 Å². The van der Waals surface area contributed by atoms with Crippen LogP contribution in [0.4, 0.5) is 5.69 Å². The normalized spacial score (nSPS) is 15.9. The second-order valence-corrected chi connectivity index (χ2v) is 7.10. The molecule has 2 N–H and O–H groups in total. The number of rotatable bonds is 6. The van der Waals surface area contributed by atoms with E-state index < -0.39 is 0 Å². The molecule has 0 saturated carbocycles. The van der Waals surface area contributed by atoms with Crippen LogP contribution in [0.25, 0.3) is 0 Å². The van der Waals surface area contributed by atoms with Gasteiger partial charge >= 0.3 is 0 Å². The molecule has 1 aromatic rings. The number of piperidine rings is 1. The Morgan fingerprint density at radius 1 is 1.43 bits per heavy atom. The lowest BCUT2D eigenvalue weighted by Crippen LogP contribution is -2.28. The van der Waals surface area contributed by atoms with Gasteiger partial charge in [-0.1, -0.05) is 18.5 Å². The van der Waals surface area contributed by atoms with E-state index in [9.17, 15) is 4.79 Å². The molecular weight excluding hydrogens is 304 g/mol. The molecule has 5 heteroatoms. The Kier molecular flexibility index (Phi) is 6.87. The predicted octanol–water partition coefficient (Wildman–Crippen LogP) is 4.17. The molecule has 0 spiro atoms. The van der Waals surface area contributed by atoms with Crippen LogP contribution in [0.5, 0.6) is 0 Å². The third-order valence-corrected chi connectivity index (χ3v) is 4.94. The number of nitrogens with one attached hydrogen (secondary N) is 2. The van der Waals surface area contributed by atoms with Gasteiger partial charge in [0.1, 0.15) is 0 Å². The standard InChI is InChI=1S/C16H23ClN2OS/c1-2-21-15-5-4-13(17)11-14(15)19-16(20)6-3-12-7-9-18-10-8-12/h4-5,11-12,18H,2-3,6-10H2,1H3,(H,19,20). The van der Waals surface area contributed by atoms with Crippen LogP contribution in [0, 0.1) is 5.92 Å². The highest BCUT2D eigenvalue weighted by atomic mass is 35.5. The number of anilines is 1. The smallest absolute Gasteiger partial charge is 0.224 e. The van der Waals surface area contributed by atoms with Crippen LogP contribution in [0.2, 0.25) is 5.02 Å². The Labute approximate surface area is 136 Å². The summed E-state index contributed by atoms with van der Waals surface area (Å²) in [6.45, 7) is 4.26. The summed E-state index contributed by atoms with van der Waals surface area (Å²) >= 11 is 7.75. The topological polar surface area (TPSA) is 41.1 Å². The van der Waals surface area contributed by atoms with E-state index in [0.717, 1.165) is 35.8 Å². The van der Waals surface area contributed by atoms with Crippen molar-refractivity contribution in [1.29, 1.82) is 0 Å². The van der Waals surface area contributed by atoms with Gasteiger partial charge in [0, 0.05) is 16.3 Å². The Bertz CT molecular complexity index is 475. The fourth-order valence-corrected chi connectivity index (χ4v) is 3.51. The van der Waals surface area contributed by atoms with Gasteiger partial charge in [0.2, 0.25) is 5.91 Å². The average Bonchev–Trinajstić information content (AvgIpc) is 2.49. The van der Waals surface area contributed by atoms with E-state index in [1.54, 1.807) is 11.8 Å². The summed E-state index contributed by atoms with van der Waals surface area (Å²) in [5.74, 6) is 1.74. The minimum Gasteiger partial charge on any atom is -0.325 e. The molecule has 3 nitrogen and oxygen atoms in total. The summed E-state index contributed by atoms with van der Waals surface area (Å²) in [6.07, 6.45) is 3.93. The molecule has 2 rings (SSSR count). The first-order valence-electron chi connectivity index (χ1n) is 7.62. The molecule has 1 aliphatic rings. The van der Waals surface area contributed by atoms with Gasteiger partial charge in [-0.2, -0.15) is 0 Å². The van der Waals surface area contributed by atoms with E-state index in [4.69, 9.17) is 11.6 Å². The van der Waals surface area contributed by atoms with Gasteiger partial charge in [0.25, 0.3) is 0 Å². The minimum absolute atomic E-state index is 0.0914. The van der Waals surface area contributed by atoms with E-state index >= 15 is 0 Å². The average molecular weight is 327 g/mol. The molecule has 1 aromatic carbocycles. The molecule has 0 unspecified atom stereocenters. The monoisotopic (exact) mass is 326 g/mol. The zero-order chi connectivity index (χ0) is 15.1. The van der Waals surface area contributed by atoms with Gasteiger partial charge < -0.3 is 10.6 Å². The molecule has 1 amide bonds. The fourth-order valence-electron chi connectivity index (χ4n) is 2.60. The summed E-state index contributed by atoms with van der Waals surface area (Å²) in [5.41, 5.74) is 0.838. The van der Waals surface area contributed by atoms with Crippen LogP contribution in [0.3, 0.4) is 0 Å². The van der Waals surface area contributed by atoms with E-state index in [0.29, 0.717) is 17.4 Å². The van der Waals surface area contributed by atoms with E-state index in [-0.39, 0.29) is 5.91 Å². The first-order chi connectivity index (χ1) is 10.2. The van der Waals surface area contributed by atoms with Crippen molar-refractivity contribution in [2.45, 2.75) is 37.5 Å². The Balaban J connectivity index is 1.87. The molecule has 1 heterocycles. The highest BCUT2D eigenvalue weighted by Crippen LogP contribution is 2.30. The molecule has 0 bridgehead atoms. The summed E-state index contributed by atoms with van der Waals surface area (Å²) in [5, 5.41) is 7.02. The Hall–Kier alpha value is -0.710. The second-order valence-electron chi connectivity index (χ2n) is 5.35. The molecule has 0 aliphatic carbocycles. The third-order valence-electron chi connectivity index (χ3n) is 3.75. The van der Waals surface area contributed by atoms with Crippen molar-refractivity contribution in [3.05, 3.63) is 23.2 Å². The first-order valence-corrected chi connectivity index (χ1v) is 8.98. The van der Waals surface area contributed by atoms with Gasteiger partial charge in [-0.05, 0) is 62.2 Å². The number of carbonyl (C=O) groups excluding carboxylic acids is 1. The predicted molar refractivity (Wildman–Crippen MR) is 91.3 cm³/mol. The van der Waals surface area contributed by atoms with Gasteiger partial charge in [-0.15, -0.1) is 11.8 Å². The molecule has 1 saturated heterocycles. The summed E-state index contributed by atoms with van der Waals surface area (Å²) in [4.78, 5) is 13.2. The number of benzene rings is 1. The van der Waals surface area contributed by atoms with Crippen LogP contribution in [-0.2, 0) is 4.79 Å². The van der Waals surface area contributed by atoms with Crippen molar-refractivity contribution in [1.82, 2.24) is 5.32 Å². The third kappa shape index (κ3) is 5.53. The number of halogens is 1. The summed E-state index contributed by atoms with van der Waals surface area (Å²) in [6, 6.07) is 5.67. The first kappa shape index (κ1) is 16.7. The van der Waals surface area contributed by atoms with Gasteiger partial charge in [-0.25, -0.2) is 0 Å². The lowest BCUT2D eigenvalue weighted by Gasteiger charge is -2.22. The van der Waals surface area contributed by atoms with Gasteiger partial charge in [-0.3, -0.25) is 4.79 Å². The molecule has 0 atom stereocenters. The SMILES string of the molecule is CCSc1ccc(Cl)cc1NC(=O)CCC1CCNCC1. The number of hydrogen-bond acceptors (Lipinski definition) is 3. The number of thioether (sulfide) groups is 1. The van der Waals surface area contributed by atoms with E-state index in [1.807, 2.05) is 18.2 Å². The van der Waals surface area contributed by atoms with Crippen LogP contribution in [-0.4, -0.2) is 24.7 Å². The van der Waals surface area contributed by atoms with E-state index in [1.165, 1.54) is 12.8 Å². The summed E-state index contributed by atoms with van der Waals surface area (Å²) in [7, 11) is 0. The van der Waals surface area contributed by atoms with Crippen molar-refractivity contribution in [2.24, 2.45) is 5.92 Å². The molecule has 0 aromatic heterocycles. The molecule has 21 heavy (non-hydrogen) atoms. The Morgan fingerprint density at radius 3 is 2.90 bits per heavy atom. The quantitative estimate of drug-likeness (QED) is 0.771. The van der Waals surface area contributed by atoms with Crippen molar-refractivity contribution >= 4 is 35.0 Å². The number of carbonyl (C=O) groups is 1. The largest absolute Gasteiger partial charge is 0.325 e. The fraction of sp³-hybridized carbons (Fsp3) is 0.562. The zero-order valence-corrected chi connectivity index (χ0v) is 14.0. The lowest BCUT2D eigenvalue weighted by atomic mass is 9.93. The van der Waals surface area contributed by atoms with Crippen molar-refractivity contribution in [2.75, 3.05) is 24.2 Å².